The lowest BCUT2D eigenvalue weighted by Crippen LogP contribution is -2.28. The third-order valence-corrected chi connectivity index (χ3v) is 2.54. The van der Waals surface area contributed by atoms with E-state index in [2.05, 4.69) is 17.3 Å². The van der Waals surface area contributed by atoms with Crippen molar-refractivity contribution in [2.24, 2.45) is 5.84 Å². The maximum absolute atomic E-state index is 6.02. The second kappa shape index (κ2) is 5.96. The number of hydrazine groups is 1. The molecule has 1 aromatic rings. The summed E-state index contributed by atoms with van der Waals surface area (Å²) in [4.78, 5) is 3.94. The van der Waals surface area contributed by atoms with Crippen molar-refractivity contribution >= 4 is 11.6 Å². The van der Waals surface area contributed by atoms with E-state index in [1.54, 1.807) is 12.4 Å². The van der Waals surface area contributed by atoms with E-state index in [1.165, 1.54) is 0 Å². The van der Waals surface area contributed by atoms with Gasteiger partial charge in [-0.3, -0.25) is 16.3 Å². The van der Waals surface area contributed by atoms with Crippen molar-refractivity contribution in [1.82, 2.24) is 10.4 Å². The molecule has 1 rings (SSSR count). The normalized spacial score (nSPS) is 12.8. The van der Waals surface area contributed by atoms with Crippen LogP contribution in [0.1, 0.15) is 37.8 Å². The Morgan fingerprint density at radius 3 is 3.00 bits per heavy atom. The van der Waals surface area contributed by atoms with Crippen LogP contribution in [-0.4, -0.2) is 4.98 Å². The molecular formula is C10H16ClN3. The smallest absolute Gasteiger partial charge is 0.0637 e. The van der Waals surface area contributed by atoms with Crippen LogP contribution >= 0.6 is 11.6 Å². The molecule has 0 spiro atoms. The minimum absolute atomic E-state index is 0.130. The van der Waals surface area contributed by atoms with E-state index in [-0.39, 0.29) is 6.04 Å². The number of pyridine rings is 1. The average molecular weight is 214 g/mol. The SMILES string of the molecule is CCCCC(NN)c1ccncc1Cl. The topological polar surface area (TPSA) is 50.9 Å². The van der Waals surface area contributed by atoms with Crippen LogP contribution in [0.5, 0.6) is 0 Å². The lowest BCUT2D eigenvalue weighted by Gasteiger charge is -2.16. The van der Waals surface area contributed by atoms with Crippen LogP contribution in [0.15, 0.2) is 18.5 Å². The van der Waals surface area contributed by atoms with Gasteiger partial charge in [0.25, 0.3) is 0 Å². The van der Waals surface area contributed by atoms with Gasteiger partial charge in [0.15, 0.2) is 0 Å². The zero-order chi connectivity index (χ0) is 10.4. The molecule has 1 aromatic heterocycles. The Kier molecular flexibility index (Phi) is 4.87. The first-order valence-corrected chi connectivity index (χ1v) is 5.23. The first-order valence-electron chi connectivity index (χ1n) is 4.85. The number of nitrogens with zero attached hydrogens (tertiary/aromatic N) is 1. The zero-order valence-corrected chi connectivity index (χ0v) is 9.09. The molecule has 1 atom stereocenters. The summed E-state index contributed by atoms with van der Waals surface area (Å²) < 4.78 is 0. The number of hydrogen-bond acceptors (Lipinski definition) is 3. The van der Waals surface area contributed by atoms with Crippen molar-refractivity contribution in [2.45, 2.75) is 32.2 Å². The van der Waals surface area contributed by atoms with Gasteiger partial charge in [0, 0.05) is 18.4 Å². The van der Waals surface area contributed by atoms with Crippen LogP contribution in [0.2, 0.25) is 5.02 Å². The van der Waals surface area contributed by atoms with Gasteiger partial charge in [-0.05, 0) is 18.1 Å². The molecule has 78 valence electrons. The fourth-order valence-corrected chi connectivity index (χ4v) is 1.66. The Balaban J connectivity index is 2.73. The van der Waals surface area contributed by atoms with E-state index in [4.69, 9.17) is 17.4 Å². The zero-order valence-electron chi connectivity index (χ0n) is 8.33. The number of nitrogens with one attached hydrogen (secondary N) is 1. The van der Waals surface area contributed by atoms with Crippen molar-refractivity contribution in [3.05, 3.63) is 29.0 Å². The summed E-state index contributed by atoms with van der Waals surface area (Å²) in [5.74, 6) is 5.49. The molecule has 0 bridgehead atoms. The van der Waals surface area contributed by atoms with E-state index in [9.17, 15) is 0 Å². The molecule has 0 aliphatic carbocycles. The van der Waals surface area contributed by atoms with Gasteiger partial charge in [-0.2, -0.15) is 0 Å². The van der Waals surface area contributed by atoms with Crippen LogP contribution in [0, 0.1) is 0 Å². The summed E-state index contributed by atoms with van der Waals surface area (Å²) in [5, 5.41) is 0.673. The van der Waals surface area contributed by atoms with Gasteiger partial charge >= 0.3 is 0 Å². The Morgan fingerprint density at radius 2 is 2.43 bits per heavy atom. The molecule has 3 N–H and O–H groups in total. The molecule has 0 radical (unpaired) electrons. The van der Waals surface area contributed by atoms with Crippen molar-refractivity contribution in [3.8, 4) is 0 Å². The Morgan fingerprint density at radius 1 is 1.64 bits per heavy atom. The molecule has 3 nitrogen and oxygen atoms in total. The van der Waals surface area contributed by atoms with Gasteiger partial charge in [0.1, 0.15) is 0 Å². The molecule has 0 saturated carbocycles. The van der Waals surface area contributed by atoms with Gasteiger partial charge < -0.3 is 0 Å². The van der Waals surface area contributed by atoms with Gasteiger partial charge in [0.05, 0.1) is 5.02 Å². The van der Waals surface area contributed by atoms with E-state index >= 15 is 0 Å². The highest BCUT2D eigenvalue weighted by molar-refractivity contribution is 6.31. The lowest BCUT2D eigenvalue weighted by molar-refractivity contribution is 0.495. The van der Waals surface area contributed by atoms with E-state index in [0.717, 1.165) is 24.8 Å². The summed E-state index contributed by atoms with van der Waals surface area (Å²) >= 11 is 6.02. The number of aromatic nitrogens is 1. The van der Waals surface area contributed by atoms with Crippen molar-refractivity contribution in [3.63, 3.8) is 0 Å². The number of unbranched alkanes of at least 4 members (excludes halogenated alkanes) is 1. The molecule has 4 heteroatoms. The fourth-order valence-electron chi connectivity index (χ4n) is 1.41. The van der Waals surface area contributed by atoms with E-state index in [0.29, 0.717) is 5.02 Å². The molecule has 0 amide bonds. The van der Waals surface area contributed by atoms with Crippen LogP contribution in [-0.2, 0) is 0 Å². The van der Waals surface area contributed by atoms with Gasteiger partial charge in [-0.15, -0.1) is 0 Å². The molecule has 1 heterocycles. The third-order valence-electron chi connectivity index (χ3n) is 2.23. The second-order valence-corrected chi connectivity index (χ2v) is 3.67. The number of rotatable bonds is 5. The van der Waals surface area contributed by atoms with Crippen LogP contribution in [0.4, 0.5) is 0 Å². The molecule has 0 aliphatic rings. The highest BCUT2D eigenvalue weighted by Crippen LogP contribution is 2.24. The van der Waals surface area contributed by atoms with Crippen molar-refractivity contribution in [2.75, 3.05) is 0 Å². The van der Waals surface area contributed by atoms with Gasteiger partial charge in [-0.25, -0.2) is 0 Å². The third kappa shape index (κ3) is 2.94. The minimum Gasteiger partial charge on any atom is -0.271 e. The summed E-state index contributed by atoms with van der Waals surface area (Å²) in [6.07, 6.45) is 6.66. The van der Waals surface area contributed by atoms with Gasteiger partial charge in [0.2, 0.25) is 0 Å². The molecule has 14 heavy (non-hydrogen) atoms. The Hall–Kier alpha value is -0.640. The number of halogens is 1. The van der Waals surface area contributed by atoms with Crippen LogP contribution < -0.4 is 11.3 Å². The molecule has 0 saturated heterocycles. The Bertz CT molecular complexity index is 278. The molecule has 0 aliphatic heterocycles. The van der Waals surface area contributed by atoms with Crippen LogP contribution in [0.3, 0.4) is 0 Å². The monoisotopic (exact) mass is 213 g/mol. The van der Waals surface area contributed by atoms with E-state index in [1.807, 2.05) is 6.07 Å². The fraction of sp³-hybridized carbons (Fsp3) is 0.500. The summed E-state index contributed by atoms with van der Waals surface area (Å²) in [6.45, 7) is 2.15. The highest BCUT2D eigenvalue weighted by atomic mass is 35.5. The standard InChI is InChI=1S/C10H16ClN3/c1-2-3-4-10(14-12)8-5-6-13-7-9(8)11/h5-7,10,14H,2-4,12H2,1H3. The number of nitrogens with two attached hydrogens (primary N) is 1. The maximum atomic E-state index is 6.02. The van der Waals surface area contributed by atoms with Gasteiger partial charge in [-0.1, -0.05) is 31.4 Å². The van der Waals surface area contributed by atoms with E-state index < -0.39 is 0 Å². The quantitative estimate of drug-likeness (QED) is 0.584. The summed E-state index contributed by atoms with van der Waals surface area (Å²) in [7, 11) is 0. The first kappa shape index (κ1) is 11.4. The molecule has 1 unspecified atom stereocenters. The minimum atomic E-state index is 0.130. The first-order chi connectivity index (χ1) is 6.79. The lowest BCUT2D eigenvalue weighted by atomic mass is 10.0. The maximum Gasteiger partial charge on any atom is 0.0637 e. The van der Waals surface area contributed by atoms with Crippen molar-refractivity contribution < 1.29 is 0 Å². The molecule has 0 aromatic carbocycles. The predicted molar refractivity (Wildman–Crippen MR) is 58.8 cm³/mol. The highest BCUT2D eigenvalue weighted by Gasteiger charge is 2.11. The summed E-state index contributed by atoms with van der Waals surface area (Å²) in [6, 6.07) is 2.04. The largest absolute Gasteiger partial charge is 0.271 e. The van der Waals surface area contributed by atoms with Crippen LogP contribution in [0.25, 0.3) is 0 Å². The molecule has 0 fully saturated rings. The summed E-state index contributed by atoms with van der Waals surface area (Å²) in [5.41, 5.74) is 3.81. The molecular weight excluding hydrogens is 198 g/mol. The predicted octanol–water partition coefficient (Wildman–Crippen LogP) is 2.43. The van der Waals surface area contributed by atoms with Crippen molar-refractivity contribution in [1.29, 1.82) is 0 Å². The number of hydrogen-bond donors (Lipinski definition) is 2. The average Bonchev–Trinajstić information content (AvgIpc) is 2.21. The second-order valence-electron chi connectivity index (χ2n) is 3.26. The Labute approximate surface area is 89.6 Å².